The van der Waals surface area contributed by atoms with Gasteiger partial charge in [0, 0.05) is 12.2 Å². The van der Waals surface area contributed by atoms with E-state index in [1.807, 2.05) is 54.6 Å². The maximum atomic E-state index is 11.8. The van der Waals surface area contributed by atoms with Gasteiger partial charge in [-0.1, -0.05) is 36.4 Å². The monoisotopic (exact) mass is 274 g/mol. The zero-order valence-corrected chi connectivity index (χ0v) is 11.5. The maximum absolute atomic E-state index is 11.8. The molecule has 0 spiro atoms. The van der Waals surface area contributed by atoms with Gasteiger partial charge in [0.15, 0.2) is 0 Å². The molecule has 1 aliphatic rings. The summed E-state index contributed by atoms with van der Waals surface area (Å²) in [7, 11) is 0. The van der Waals surface area contributed by atoms with E-state index < -0.39 is 0 Å². The van der Waals surface area contributed by atoms with E-state index in [0.29, 0.717) is 12.1 Å². The SMILES string of the molecule is N#Cc1ccccc1-c1ccc(N2CCC=CC2=O)cc1. The summed E-state index contributed by atoms with van der Waals surface area (Å²) in [5, 5.41) is 9.16. The van der Waals surface area contributed by atoms with Gasteiger partial charge in [-0.05, 0) is 41.8 Å². The Morgan fingerprint density at radius 1 is 1.05 bits per heavy atom. The molecule has 3 rings (SSSR count). The molecule has 102 valence electrons. The van der Waals surface area contributed by atoms with E-state index in [-0.39, 0.29) is 5.91 Å². The molecule has 0 saturated carbocycles. The van der Waals surface area contributed by atoms with E-state index in [9.17, 15) is 4.79 Å². The summed E-state index contributed by atoms with van der Waals surface area (Å²) in [4.78, 5) is 13.6. The van der Waals surface area contributed by atoms with Gasteiger partial charge in [0.25, 0.3) is 5.91 Å². The van der Waals surface area contributed by atoms with Gasteiger partial charge in [-0.25, -0.2) is 0 Å². The lowest BCUT2D eigenvalue weighted by molar-refractivity contribution is -0.114. The quantitative estimate of drug-likeness (QED) is 0.841. The van der Waals surface area contributed by atoms with Crippen LogP contribution in [-0.2, 0) is 4.79 Å². The van der Waals surface area contributed by atoms with E-state index in [1.165, 1.54) is 0 Å². The van der Waals surface area contributed by atoms with E-state index in [1.54, 1.807) is 11.0 Å². The molecular formula is C18H14N2O. The molecule has 1 amide bonds. The van der Waals surface area contributed by atoms with Crippen molar-refractivity contribution < 1.29 is 4.79 Å². The Kier molecular flexibility index (Phi) is 3.53. The normalized spacial score (nSPS) is 14.0. The van der Waals surface area contributed by atoms with Gasteiger partial charge >= 0.3 is 0 Å². The van der Waals surface area contributed by atoms with Crippen LogP contribution in [0.3, 0.4) is 0 Å². The number of nitriles is 1. The predicted molar refractivity (Wildman–Crippen MR) is 82.7 cm³/mol. The Hall–Kier alpha value is -2.86. The van der Waals surface area contributed by atoms with E-state index in [0.717, 1.165) is 23.2 Å². The molecule has 0 saturated heterocycles. The lowest BCUT2D eigenvalue weighted by atomic mass is 10.00. The highest BCUT2D eigenvalue weighted by molar-refractivity contribution is 6.02. The zero-order chi connectivity index (χ0) is 14.7. The van der Waals surface area contributed by atoms with Gasteiger partial charge in [0.1, 0.15) is 0 Å². The summed E-state index contributed by atoms with van der Waals surface area (Å²) in [6, 6.07) is 17.5. The van der Waals surface area contributed by atoms with E-state index in [4.69, 9.17) is 5.26 Å². The topological polar surface area (TPSA) is 44.1 Å². The highest BCUT2D eigenvalue weighted by Gasteiger charge is 2.15. The molecule has 1 aliphatic heterocycles. The van der Waals surface area contributed by atoms with Crippen molar-refractivity contribution in [2.75, 3.05) is 11.4 Å². The van der Waals surface area contributed by atoms with Crippen LogP contribution in [-0.4, -0.2) is 12.5 Å². The summed E-state index contributed by atoms with van der Waals surface area (Å²) < 4.78 is 0. The van der Waals surface area contributed by atoms with Crippen LogP contribution in [0.1, 0.15) is 12.0 Å². The smallest absolute Gasteiger partial charge is 0.250 e. The molecule has 2 aromatic carbocycles. The van der Waals surface area contributed by atoms with Gasteiger partial charge in [-0.15, -0.1) is 0 Å². The molecule has 0 N–H and O–H groups in total. The number of carbonyl (C=O) groups is 1. The van der Waals surface area contributed by atoms with Crippen molar-refractivity contribution in [1.82, 2.24) is 0 Å². The first-order valence-electron chi connectivity index (χ1n) is 6.87. The first-order chi connectivity index (χ1) is 10.3. The highest BCUT2D eigenvalue weighted by Crippen LogP contribution is 2.26. The maximum Gasteiger partial charge on any atom is 0.250 e. The van der Waals surface area contributed by atoms with Crippen LogP contribution in [0.4, 0.5) is 5.69 Å². The molecule has 0 unspecified atom stereocenters. The Morgan fingerprint density at radius 2 is 1.81 bits per heavy atom. The second-order valence-corrected chi connectivity index (χ2v) is 4.89. The van der Waals surface area contributed by atoms with Crippen molar-refractivity contribution in [3.05, 3.63) is 66.2 Å². The molecule has 2 aromatic rings. The van der Waals surface area contributed by atoms with Crippen molar-refractivity contribution in [2.24, 2.45) is 0 Å². The summed E-state index contributed by atoms with van der Waals surface area (Å²) in [6.07, 6.45) is 4.39. The van der Waals surface area contributed by atoms with Crippen LogP contribution in [0.25, 0.3) is 11.1 Å². The number of amides is 1. The fourth-order valence-corrected chi connectivity index (χ4v) is 2.50. The minimum atomic E-state index is 0.0198. The number of hydrogen-bond acceptors (Lipinski definition) is 2. The molecule has 3 heteroatoms. The summed E-state index contributed by atoms with van der Waals surface area (Å²) in [5.41, 5.74) is 3.44. The summed E-state index contributed by atoms with van der Waals surface area (Å²) in [5.74, 6) is 0.0198. The second-order valence-electron chi connectivity index (χ2n) is 4.89. The van der Waals surface area contributed by atoms with Crippen LogP contribution < -0.4 is 4.90 Å². The largest absolute Gasteiger partial charge is 0.309 e. The van der Waals surface area contributed by atoms with Crippen LogP contribution in [0.5, 0.6) is 0 Å². The Bertz CT molecular complexity index is 739. The van der Waals surface area contributed by atoms with Gasteiger partial charge in [-0.3, -0.25) is 4.79 Å². The fourth-order valence-electron chi connectivity index (χ4n) is 2.50. The Morgan fingerprint density at radius 3 is 2.52 bits per heavy atom. The van der Waals surface area contributed by atoms with E-state index >= 15 is 0 Å². The Labute approximate surface area is 123 Å². The van der Waals surface area contributed by atoms with Gasteiger partial charge < -0.3 is 4.90 Å². The van der Waals surface area contributed by atoms with Crippen molar-refractivity contribution in [3.8, 4) is 17.2 Å². The summed E-state index contributed by atoms with van der Waals surface area (Å²) in [6.45, 7) is 0.712. The third-order valence-electron chi connectivity index (χ3n) is 3.58. The van der Waals surface area contributed by atoms with Crippen molar-refractivity contribution in [1.29, 1.82) is 5.26 Å². The Balaban J connectivity index is 1.93. The lowest BCUT2D eigenvalue weighted by Crippen LogP contribution is -2.32. The minimum Gasteiger partial charge on any atom is -0.309 e. The third kappa shape index (κ3) is 2.56. The van der Waals surface area contributed by atoms with Crippen molar-refractivity contribution >= 4 is 11.6 Å². The van der Waals surface area contributed by atoms with Crippen molar-refractivity contribution in [2.45, 2.75) is 6.42 Å². The molecule has 0 bridgehead atoms. The van der Waals surface area contributed by atoms with Gasteiger partial charge in [0.2, 0.25) is 0 Å². The van der Waals surface area contributed by atoms with Crippen LogP contribution >= 0.6 is 0 Å². The summed E-state index contributed by atoms with van der Waals surface area (Å²) >= 11 is 0. The molecule has 1 heterocycles. The first kappa shape index (κ1) is 13.1. The molecule has 0 radical (unpaired) electrons. The standard InChI is InChI=1S/C18H14N2O/c19-13-15-5-1-2-6-17(15)14-8-10-16(11-9-14)20-12-4-3-7-18(20)21/h1-3,5-11H,4,12H2. The average Bonchev–Trinajstić information content (AvgIpc) is 2.55. The molecule has 3 nitrogen and oxygen atoms in total. The molecule has 0 aliphatic carbocycles. The molecule has 0 aromatic heterocycles. The zero-order valence-electron chi connectivity index (χ0n) is 11.5. The number of carbonyl (C=O) groups excluding carboxylic acids is 1. The number of anilines is 1. The van der Waals surface area contributed by atoms with E-state index in [2.05, 4.69) is 6.07 Å². The van der Waals surface area contributed by atoms with Crippen LogP contribution in [0.2, 0.25) is 0 Å². The number of hydrogen-bond donors (Lipinski definition) is 0. The molecule has 0 atom stereocenters. The van der Waals surface area contributed by atoms with Gasteiger partial charge in [-0.2, -0.15) is 5.26 Å². The first-order valence-corrected chi connectivity index (χ1v) is 6.87. The number of rotatable bonds is 2. The number of benzene rings is 2. The van der Waals surface area contributed by atoms with Crippen LogP contribution in [0, 0.1) is 11.3 Å². The second kappa shape index (κ2) is 5.64. The average molecular weight is 274 g/mol. The van der Waals surface area contributed by atoms with Crippen molar-refractivity contribution in [3.63, 3.8) is 0 Å². The molecule has 0 fully saturated rings. The molecular weight excluding hydrogens is 260 g/mol. The third-order valence-corrected chi connectivity index (χ3v) is 3.58. The molecule has 21 heavy (non-hydrogen) atoms. The van der Waals surface area contributed by atoms with Gasteiger partial charge in [0.05, 0.1) is 11.6 Å². The predicted octanol–water partition coefficient (Wildman–Crippen LogP) is 3.52. The number of nitrogens with zero attached hydrogens (tertiary/aromatic N) is 2. The lowest BCUT2D eigenvalue weighted by Gasteiger charge is -2.23. The fraction of sp³-hybridized carbons (Fsp3) is 0.111. The highest BCUT2D eigenvalue weighted by atomic mass is 16.2. The minimum absolute atomic E-state index is 0.0198. The van der Waals surface area contributed by atoms with Crippen LogP contribution in [0.15, 0.2) is 60.7 Å².